The van der Waals surface area contributed by atoms with E-state index in [2.05, 4.69) is 14.9 Å². The molecule has 122 valence electrons. The van der Waals surface area contributed by atoms with Crippen LogP contribution in [0.5, 0.6) is 5.75 Å². The van der Waals surface area contributed by atoms with Crippen LogP contribution in [-0.4, -0.2) is 34.1 Å². The molecular weight excluding hydrogens is 302 g/mol. The smallest absolute Gasteiger partial charge is 0.135 e. The zero-order valence-corrected chi connectivity index (χ0v) is 13.3. The number of likely N-dealkylation sites (tertiary alicyclic amines) is 1. The Morgan fingerprint density at radius 3 is 2.83 bits per heavy atom. The number of nitrogens with zero attached hydrogens (tertiary/aromatic N) is 3. The second-order valence-corrected chi connectivity index (χ2v) is 5.95. The minimum atomic E-state index is 0.222. The Hall–Kier alpha value is -2.66. The van der Waals surface area contributed by atoms with Gasteiger partial charge in [0.15, 0.2) is 0 Å². The Kier molecular flexibility index (Phi) is 4.25. The van der Waals surface area contributed by atoms with Crippen molar-refractivity contribution in [2.24, 2.45) is 0 Å². The molecule has 0 aliphatic carbocycles. The quantitative estimate of drug-likeness (QED) is 0.721. The van der Waals surface area contributed by atoms with Crippen LogP contribution in [0.2, 0.25) is 0 Å². The fourth-order valence-corrected chi connectivity index (χ4v) is 2.99. The third kappa shape index (κ3) is 3.46. The first-order chi connectivity index (χ1) is 11.9. The lowest BCUT2D eigenvalue weighted by molar-refractivity contribution is 0.194. The summed E-state index contributed by atoms with van der Waals surface area (Å²) in [5.41, 5.74) is 1.00. The van der Waals surface area contributed by atoms with Crippen LogP contribution in [0, 0.1) is 0 Å². The van der Waals surface area contributed by atoms with E-state index in [-0.39, 0.29) is 6.10 Å². The van der Waals surface area contributed by atoms with Crippen molar-refractivity contribution in [2.45, 2.75) is 19.1 Å². The van der Waals surface area contributed by atoms with Crippen molar-refractivity contribution < 1.29 is 9.15 Å². The van der Waals surface area contributed by atoms with Gasteiger partial charge in [-0.25, -0.2) is 0 Å². The predicted molar refractivity (Wildman–Crippen MR) is 90.5 cm³/mol. The fraction of sp³-hybridized carbons (Fsp3) is 0.263. The van der Waals surface area contributed by atoms with Gasteiger partial charge in [0.1, 0.15) is 23.4 Å². The van der Waals surface area contributed by atoms with Crippen molar-refractivity contribution in [1.29, 1.82) is 0 Å². The van der Waals surface area contributed by atoms with E-state index in [1.807, 2.05) is 42.6 Å². The largest absolute Gasteiger partial charge is 0.489 e. The van der Waals surface area contributed by atoms with Crippen LogP contribution in [0.4, 0.5) is 0 Å². The Labute approximate surface area is 140 Å². The van der Waals surface area contributed by atoms with Crippen LogP contribution in [0.15, 0.2) is 65.6 Å². The maximum Gasteiger partial charge on any atom is 0.135 e. The van der Waals surface area contributed by atoms with Gasteiger partial charge < -0.3 is 9.15 Å². The molecule has 0 bridgehead atoms. The lowest BCUT2D eigenvalue weighted by Gasteiger charge is -2.15. The molecule has 0 spiro atoms. The van der Waals surface area contributed by atoms with Gasteiger partial charge in [0, 0.05) is 43.4 Å². The molecule has 5 nitrogen and oxygen atoms in total. The van der Waals surface area contributed by atoms with E-state index >= 15 is 0 Å². The van der Waals surface area contributed by atoms with Crippen LogP contribution in [0.3, 0.4) is 0 Å². The molecule has 1 aliphatic rings. The van der Waals surface area contributed by atoms with Gasteiger partial charge in [-0.3, -0.25) is 14.9 Å². The summed E-state index contributed by atoms with van der Waals surface area (Å²) >= 11 is 0. The highest BCUT2D eigenvalue weighted by Crippen LogP contribution is 2.24. The van der Waals surface area contributed by atoms with Gasteiger partial charge >= 0.3 is 0 Å². The van der Waals surface area contributed by atoms with Crippen LogP contribution < -0.4 is 4.74 Å². The molecule has 24 heavy (non-hydrogen) atoms. The van der Waals surface area contributed by atoms with Crippen molar-refractivity contribution in [3.63, 3.8) is 0 Å². The summed E-state index contributed by atoms with van der Waals surface area (Å²) in [6, 6.07) is 11.8. The molecule has 0 aromatic carbocycles. The third-order valence-corrected chi connectivity index (χ3v) is 4.17. The number of rotatable bonds is 5. The average molecular weight is 321 g/mol. The van der Waals surface area contributed by atoms with Crippen molar-refractivity contribution >= 4 is 0 Å². The van der Waals surface area contributed by atoms with E-state index in [0.29, 0.717) is 0 Å². The standard InChI is InChI=1S/C19H19N3O2/c1-2-15(12-21-8-1)19-4-3-17(24-19)13-22-11-7-18(14-22)23-16-5-9-20-10-6-16/h1-6,8-10,12,18H,7,11,13-14H2. The normalized spacial score (nSPS) is 17.9. The number of hydrogen-bond acceptors (Lipinski definition) is 5. The summed E-state index contributed by atoms with van der Waals surface area (Å²) < 4.78 is 12.0. The molecule has 1 atom stereocenters. The number of ether oxygens (including phenoxy) is 1. The molecule has 1 aliphatic heterocycles. The van der Waals surface area contributed by atoms with E-state index in [9.17, 15) is 0 Å². The molecule has 0 amide bonds. The zero-order chi connectivity index (χ0) is 16.2. The van der Waals surface area contributed by atoms with E-state index in [1.54, 1.807) is 18.6 Å². The van der Waals surface area contributed by atoms with Crippen LogP contribution in [0.25, 0.3) is 11.3 Å². The Bertz CT molecular complexity index is 774. The lowest BCUT2D eigenvalue weighted by atomic mass is 10.2. The maximum absolute atomic E-state index is 6.00. The van der Waals surface area contributed by atoms with Gasteiger partial charge in [0.05, 0.1) is 6.54 Å². The van der Waals surface area contributed by atoms with E-state index in [4.69, 9.17) is 9.15 Å². The molecule has 3 aromatic rings. The Morgan fingerprint density at radius 1 is 1.08 bits per heavy atom. The second-order valence-electron chi connectivity index (χ2n) is 5.95. The Balaban J connectivity index is 1.34. The molecule has 1 unspecified atom stereocenters. The van der Waals surface area contributed by atoms with E-state index < -0.39 is 0 Å². The third-order valence-electron chi connectivity index (χ3n) is 4.17. The molecule has 0 N–H and O–H groups in total. The zero-order valence-electron chi connectivity index (χ0n) is 13.3. The molecule has 5 heteroatoms. The average Bonchev–Trinajstić information content (AvgIpc) is 3.27. The number of pyridine rings is 2. The molecule has 1 fully saturated rings. The fourth-order valence-electron chi connectivity index (χ4n) is 2.99. The molecular formula is C19H19N3O2. The molecule has 4 heterocycles. The minimum Gasteiger partial charge on any atom is -0.489 e. The summed E-state index contributed by atoms with van der Waals surface area (Å²) in [5.74, 6) is 2.72. The summed E-state index contributed by atoms with van der Waals surface area (Å²) in [6.45, 7) is 2.72. The monoisotopic (exact) mass is 321 g/mol. The van der Waals surface area contributed by atoms with Crippen molar-refractivity contribution in [3.8, 4) is 17.1 Å². The van der Waals surface area contributed by atoms with Gasteiger partial charge in [0.2, 0.25) is 0 Å². The van der Waals surface area contributed by atoms with E-state index in [0.717, 1.165) is 48.9 Å². The van der Waals surface area contributed by atoms with Gasteiger partial charge in [-0.1, -0.05) is 0 Å². The highest BCUT2D eigenvalue weighted by atomic mass is 16.5. The molecule has 0 saturated carbocycles. The first-order valence-electron chi connectivity index (χ1n) is 8.15. The van der Waals surface area contributed by atoms with Gasteiger partial charge in [-0.15, -0.1) is 0 Å². The lowest BCUT2D eigenvalue weighted by Crippen LogP contribution is -2.24. The van der Waals surface area contributed by atoms with Crippen LogP contribution in [0.1, 0.15) is 12.2 Å². The molecule has 3 aromatic heterocycles. The Morgan fingerprint density at radius 2 is 2.00 bits per heavy atom. The summed E-state index contributed by atoms with van der Waals surface area (Å²) in [4.78, 5) is 10.5. The summed E-state index contributed by atoms with van der Waals surface area (Å²) in [5, 5.41) is 0. The molecule has 0 radical (unpaired) electrons. The second kappa shape index (κ2) is 6.84. The molecule has 1 saturated heterocycles. The summed E-state index contributed by atoms with van der Waals surface area (Å²) in [6.07, 6.45) is 8.34. The number of hydrogen-bond donors (Lipinski definition) is 0. The van der Waals surface area contributed by atoms with Gasteiger partial charge in [-0.05, 0) is 42.8 Å². The number of furan rings is 1. The topological polar surface area (TPSA) is 51.4 Å². The minimum absolute atomic E-state index is 0.222. The van der Waals surface area contributed by atoms with Crippen LogP contribution >= 0.6 is 0 Å². The van der Waals surface area contributed by atoms with Gasteiger partial charge in [0.25, 0.3) is 0 Å². The van der Waals surface area contributed by atoms with E-state index in [1.165, 1.54) is 0 Å². The van der Waals surface area contributed by atoms with Crippen molar-refractivity contribution in [1.82, 2.24) is 14.9 Å². The first kappa shape index (κ1) is 14.9. The van der Waals surface area contributed by atoms with Gasteiger partial charge in [-0.2, -0.15) is 0 Å². The molecule has 4 rings (SSSR count). The first-order valence-corrected chi connectivity index (χ1v) is 8.15. The highest BCUT2D eigenvalue weighted by molar-refractivity contribution is 5.55. The highest BCUT2D eigenvalue weighted by Gasteiger charge is 2.24. The number of aromatic nitrogens is 2. The van der Waals surface area contributed by atoms with Crippen molar-refractivity contribution in [2.75, 3.05) is 13.1 Å². The van der Waals surface area contributed by atoms with Crippen molar-refractivity contribution in [3.05, 3.63) is 66.9 Å². The summed E-state index contributed by atoms with van der Waals surface area (Å²) in [7, 11) is 0. The van der Waals surface area contributed by atoms with Crippen LogP contribution in [-0.2, 0) is 6.54 Å². The maximum atomic E-state index is 6.00. The SMILES string of the molecule is c1cncc(-c2ccc(CN3CCC(Oc4ccncc4)C3)o2)c1. The predicted octanol–water partition coefficient (Wildman–Crippen LogP) is 3.39.